The lowest BCUT2D eigenvalue weighted by atomic mass is 10.1. The van der Waals surface area contributed by atoms with Crippen molar-refractivity contribution in [2.45, 2.75) is 31.7 Å². The molecule has 2 aromatic carbocycles. The third-order valence-corrected chi connectivity index (χ3v) is 4.84. The normalized spacial score (nSPS) is 11.5. The molecule has 0 spiro atoms. The third-order valence-electron chi connectivity index (χ3n) is 3.28. The Kier molecular flexibility index (Phi) is 4.57. The molecule has 0 aliphatic rings. The number of aryl methyl sites for hydroxylation is 2. The minimum absolute atomic E-state index is 0.306. The number of hydrogen-bond acceptors (Lipinski definition) is 2. The summed E-state index contributed by atoms with van der Waals surface area (Å²) in [5.74, 6) is 0. The summed E-state index contributed by atoms with van der Waals surface area (Å²) < 4.78 is 27.1. The lowest BCUT2D eigenvalue weighted by molar-refractivity contribution is 0.580. The average Bonchev–Trinajstić information content (AvgIpc) is 2.46. The molecule has 3 nitrogen and oxygen atoms in total. The van der Waals surface area contributed by atoms with Crippen molar-refractivity contribution in [1.82, 2.24) is 4.72 Å². The van der Waals surface area contributed by atoms with E-state index < -0.39 is 10.0 Å². The molecule has 0 aromatic heterocycles. The van der Waals surface area contributed by atoms with Crippen LogP contribution in [0.2, 0.25) is 0 Å². The topological polar surface area (TPSA) is 46.2 Å². The first-order valence-corrected chi connectivity index (χ1v) is 8.14. The smallest absolute Gasteiger partial charge is 0.207 e. The summed E-state index contributed by atoms with van der Waals surface area (Å²) in [5, 5.41) is 0. The van der Waals surface area contributed by atoms with Crippen LogP contribution in [0.15, 0.2) is 53.4 Å². The number of nitrogens with one attached hydrogen (secondary N) is 1. The van der Waals surface area contributed by atoms with Crippen LogP contribution in [0.3, 0.4) is 0 Å². The van der Waals surface area contributed by atoms with Gasteiger partial charge in [0.25, 0.3) is 0 Å². The highest BCUT2D eigenvalue weighted by molar-refractivity contribution is 7.89. The minimum Gasteiger partial charge on any atom is -0.207 e. The van der Waals surface area contributed by atoms with Crippen LogP contribution in [0.1, 0.15) is 23.6 Å². The van der Waals surface area contributed by atoms with E-state index in [0.717, 1.165) is 17.5 Å². The highest BCUT2D eigenvalue weighted by atomic mass is 32.2. The van der Waals surface area contributed by atoms with E-state index in [-0.39, 0.29) is 0 Å². The molecule has 20 heavy (non-hydrogen) atoms. The van der Waals surface area contributed by atoms with E-state index in [1.54, 1.807) is 25.1 Å². The predicted molar refractivity (Wildman–Crippen MR) is 81.0 cm³/mol. The van der Waals surface area contributed by atoms with E-state index in [9.17, 15) is 8.42 Å². The summed E-state index contributed by atoms with van der Waals surface area (Å²) in [6, 6.07) is 14.9. The molecule has 4 heteroatoms. The summed E-state index contributed by atoms with van der Waals surface area (Å²) in [5.41, 5.74) is 2.95. The van der Waals surface area contributed by atoms with Crippen molar-refractivity contribution >= 4 is 10.0 Å². The van der Waals surface area contributed by atoms with E-state index >= 15 is 0 Å². The molecule has 0 saturated carbocycles. The molecule has 0 radical (unpaired) electrons. The SMILES string of the molecule is CCc1ccc(CNS(=O)(=O)c2ccccc2C)cc1. The van der Waals surface area contributed by atoms with Gasteiger partial charge in [-0.25, -0.2) is 13.1 Å². The van der Waals surface area contributed by atoms with E-state index in [0.29, 0.717) is 11.4 Å². The van der Waals surface area contributed by atoms with Gasteiger partial charge in [0.15, 0.2) is 0 Å². The minimum atomic E-state index is -3.45. The number of sulfonamides is 1. The molecule has 2 rings (SSSR count). The van der Waals surface area contributed by atoms with E-state index in [1.807, 2.05) is 30.3 Å². The quantitative estimate of drug-likeness (QED) is 0.919. The van der Waals surface area contributed by atoms with Crippen LogP contribution in [0.5, 0.6) is 0 Å². The molecule has 106 valence electrons. The van der Waals surface area contributed by atoms with Crippen molar-refractivity contribution < 1.29 is 8.42 Å². The van der Waals surface area contributed by atoms with Gasteiger partial charge < -0.3 is 0 Å². The maximum absolute atomic E-state index is 12.2. The predicted octanol–water partition coefficient (Wildman–Crippen LogP) is 3.04. The van der Waals surface area contributed by atoms with Crippen molar-refractivity contribution in [3.63, 3.8) is 0 Å². The maximum Gasteiger partial charge on any atom is 0.241 e. The highest BCUT2D eigenvalue weighted by Gasteiger charge is 2.15. The van der Waals surface area contributed by atoms with Crippen molar-refractivity contribution in [3.8, 4) is 0 Å². The first kappa shape index (κ1) is 14.8. The van der Waals surface area contributed by atoms with Gasteiger partial charge >= 0.3 is 0 Å². The molecule has 0 aliphatic carbocycles. The van der Waals surface area contributed by atoms with E-state index in [4.69, 9.17) is 0 Å². The summed E-state index contributed by atoms with van der Waals surface area (Å²) >= 11 is 0. The molecule has 0 unspecified atom stereocenters. The second kappa shape index (κ2) is 6.20. The molecule has 0 fully saturated rings. The van der Waals surface area contributed by atoms with Crippen LogP contribution in [0.4, 0.5) is 0 Å². The molecule has 2 aromatic rings. The third kappa shape index (κ3) is 3.46. The monoisotopic (exact) mass is 289 g/mol. The highest BCUT2D eigenvalue weighted by Crippen LogP contribution is 2.14. The van der Waals surface area contributed by atoms with Gasteiger partial charge in [-0.2, -0.15) is 0 Å². The maximum atomic E-state index is 12.2. The van der Waals surface area contributed by atoms with Gasteiger partial charge in [-0.3, -0.25) is 0 Å². The van der Waals surface area contributed by atoms with Crippen LogP contribution in [0, 0.1) is 6.92 Å². The Labute approximate surface area is 120 Å². The fourth-order valence-electron chi connectivity index (χ4n) is 2.01. The Morgan fingerprint density at radius 2 is 1.55 bits per heavy atom. The molecular formula is C16H19NO2S. The standard InChI is InChI=1S/C16H19NO2S/c1-3-14-8-10-15(11-9-14)12-17-20(18,19)16-7-5-4-6-13(16)2/h4-11,17H,3,12H2,1-2H3. The van der Waals surface area contributed by atoms with Gasteiger partial charge in [0.2, 0.25) is 10.0 Å². The largest absolute Gasteiger partial charge is 0.241 e. The Morgan fingerprint density at radius 1 is 0.950 bits per heavy atom. The summed E-state index contributed by atoms with van der Waals surface area (Å²) in [6.45, 7) is 4.20. The number of rotatable bonds is 5. The molecule has 0 aliphatic heterocycles. The van der Waals surface area contributed by atoms with Gasteiger partial charge in [0, 0.05) is 6.54 Å². The Bertz CT molecular complexity index is 676. The zero-order valence-corrected chi connectivity index (χ0v) is 12.6. The summed E-state index contributed by atoms with van der Waals surface area (Å²) in [7, 11) is -3.45. The van der Waals surface area contributed by atoms with Crippen LogP contribution < -0.4 is 4.72 Å². The molecule has 1 N–H and O–H groups in total. The van der Waals surface area contributed by atoms with Crippen molar-refractivity contribution in [1.29, 1.82) is 0 Å². The molecule has 0 saturated heterocycles. The lowest BCUT2D eigenvalue weighted by Crippen LogP contribution is -2.23. The van der Waals surface area contributed by atoms with Gasteiger partial charge in [-0.15, -0.1) is 0 Å². The van der Waals surface area contributed by atoms with Crippen LogP contribution >= 0.6 is 0 Å². The van der Waals surface area contributed by atoms with E-state index in [2.05, 4.69) is 11.6 Å². The van der Waals surface area contributed by atoms with Gasteiger partial charge in [0.1, 0.15) is 0 Å². The van der Waals surface area contributed by atoms with Crippen molar-refractivity contribution in [2.75, 3.05) is 0 Å². The Hall–Kier alpha value is -1.65. The summed E-state index contributed by atoms with van der Waals surface area (Å²) in [4.78, 5) is 0.338. The van der Waals surface area contributed by atoms with Gasteiger partial charge in [-0.05, 0) is 36.1 Å². The average molecular weight is 289 g/mol. The van der Waals surface area contributed by atoms with Crippen molar-refractivity contribution in [2.24, 2.45) is 0 Å². The van der Waals surface area contributed by atoms with Crippen molar-refractivity contribution in [3.05, 3.63) is 65.2 Å². The number of benzene rings is 2. The second-order valence-corrected chi connectivity index (χ2v) is 6.50. The Morgan fingerprint density at radius 3 is 2.15 bits per heavy atom. The molecule has 0 atom stereocenters. The fraction of sp³-hybridized carbons (Fsp3) is 0.250. The second-order valence-electron chi connectivity index (χ2n) is 4.76. The Balaban J connectivity index is 2.11. The molecule has 0 heterocycles. The van der Waals surface area contributed by atoms with Crippen LogP contribution in [0.25, 0.3) is 0 Å². The van der Waals surface area contributed by atoms with Gasteiger partial charge in [0.05, 0.1) is 4.90 Å². The van der Waals surface area contributed by atoms with Crippen LogP contribution in [-0.4, -0.2) is 8.42 Å². The first-order chi connectivity index (χ1) is 9.53. The lowest BCUT2D eigenvalue weighted by Gasteiger charge is -2.09. The fourth-order valence-corrected chi connectivity index (χ4v) is 3.27. The summed E-state index contributed by atoms with van der Waals surface area (Å²) in [6.07, 6.45) is 0.981. The molecule has 0 amide bonds. The zero-order valence-electron chi connectivity index (χ0n) is 11.8. The van der Waals surface area contributed by atoms with E-state index in [1.165, 1.54) is 5.56 Å². The first-order valence-electron chi connectivity index (χ1n) is 6.66. The van der Waals surface area contributed by atoms with Gasteiger partial charge in [-0.1, -0.05) is 49.4 Å². The molecule has 0 bridgehead atoms. The van der Waals surface area contributed by atoms with Crippen LogP contribution in [-0.2, 0) is 23.0 Å². The molecular weight excluding hydrogens is 270 g/mol. The number of hydrogen-bond donors (Lipinski definition) is 1. The zero-order chi connectivity index (χ0) is 14.6.